The molecule has 4 heterocycles. The number of nitrogens with zero attached hydrogens (tertiary/aromatic N) is 7. The summed E-state index contributed by atoms with van der Waals surface area (Å²) in [4.78, 5) is 9.17. The minimum atomic E-state index is -0.853. The van der Waals surface area contributed by atoms with Gasteiger partial charge in [-0.15, -0.1) is 5.10 Å². The van der Waals surface area contributed by atoms with E-state index >= 15 is 0 Å². The molecule has 1 saturated carbocycles. The molecule has 2 aromatic heterocycles. The van der Waals surface area contributed by atoms with Crippen LogP contribution in [-0.4, -0.2) is 50.6 Å². The quantitative estimate of drug-likeness (QED) is 0.625. The summed E-state index contributed by atoms with van der Waals surface area (Å²) in [6.45, 7) is 5.34. The molecule has 1 aliphatic carbocycles. The molecule has 1 unspecified atom stereocenters. The van der Waals surface area contributed by atoms with Crippen molar-refractivity contribution in [3.05, 3.63) is 47.8 Å². The zero-order chi connectivity index (χ0) is 23.2. The Balaban J connectivity index is 1.22. The molecule has 2 aliphatic heterocycles. The summed E-state index contributed by atoms with van der Waals surface area (Å²) in [6.07, 6.45) is 6.08. The lowest BCUT2D eigenvalue weighted by molar-refractivity contribution is 0.376. The predicted molar refractivity (Wildman–Crippen MR) is 125 cm³/mol. The van der Waals surface area contributed by atoms with E-state index in [1.54, 1.807) is 6.07 Å². The second-order valence-corrected chi connectivity index (χ2v) is 9.64. The summed E-state index contributed by atoms with van der Waals surface area (Å²) < 4.78 is 29.3. The van der Waals surface area contributed by atoms with E-state index in [2.05, 4.69) is 26.5 Å². The average molecular weight is 467 g/mol. The summed E-state index contributed by atoms with van der Waals surface area (Å²) in [7, 11) is 0. The van der Waals surface area contributed by atoms with Gasteiger partial charge in [0, 0.05) is 44.0 Å². The van der Waals surface area contributed by atoms with Crippen LogP contribution in [0.25, 0.3) is 0 Å². The predicted octanol–water partition coefficient (Wildman–Crippen LogP) is 3.91. The molecule has 1 saturated heterocycles. The zero-order valence-corrected chi connectivity index (χ0v) is 19.2. The zero-order valence-electron chi connectivity index (χ0n) is 19.2. The number of hydrogen-bond acceptors (Lipinski definition) is 7. The third-order valence-electron chi connectivity index (χ3n) is 7.37. The Bertz CT molecular complexity index is 1180. The van der Waals surface area contributed by atoms with Gasteiger partial charge in [0.1, 0.15) is 0 Å². The van der Waals surface area contributed by atoms with Crippen LogP contribution in [0.3, 0.4) is 0 Å². The Labute approximate surface area is 197 Å². The van der Waals surface area contributed by atoms with Gasteiger partial charge in [0.05, 0.1) is 17.6 Å². The van der Waals surface area contributed by atoms with Crippen LogP contribution in [0.2, 0.25) is 0 Å². The number of rotatable bonds is 4. The number of aromatic nitrogens is 5. The van der Waals surface area contributed by atoms with Gasteiger partial charge in [-0.2, -0.15) is 15.2 Å². The topological polar surface area (TPSA) is 75.0 Å². The SMILES string of the molecule is Cc1cc(N2C[C@H]3CC[C@@H](C2)C3Nc2nc3n(n2)CCCCN3c2ccc(F)c(F)c2)cnn1. The standard InChI is InChI=1S/C24H28F2N8/c1-15-10-19(12-27-30-15)32-13-16-4-5-17(14-32)22(16)28-23-29-24-33(8-2-3-9-34(24)31-23)18-6-7-20(25)21(26)11-18/h6-7,10-12,16-17,22H,2-5,8-9,13-14H2,1H3,(H,28,31)/t16-,17+,22?. The van der Waals surface area contributed by atoms with Crippen LogP contribution in [0.4, 0.5) is 32.1 Å². The van der Waals surface area contributed by atoms with Gasteiger partial charge in [0.25, 0.3) is 0 Å². The van der Waals surface area contributed by atoms with Crippen LogP contribution < -0.4 is 15.1 Å². The first-order valence-corrected chi connectivity index (χ1v) is 12.0. The molecule has 3 aromatic rings. The molecule has 8 nitrogen and oxygen atoms in total. The van der Waals surface area contributed by atoms with E-state index in [4.69, 9.17) is 10.1 Å². The van der Waals surface area contributed by atoms with Crippen LogP contribution in [0.5, 0.6) is 0 Å². The molecule has 0 amide bonds. The third kappa shape index (κ3) is 3.84. The molecule has 0 spiro atoms. The molecule has 1 aromatic carbocycles. The Kier molecular flexibility index (Phi) is 5.30. The summed E-state index contributed by atoms with van der Waals surface area (Å²) in [5.41, 5.74) is 2.66. The molecule has 6 rings (SSSR count). The lowest BCUT2D eigenvalue weighted by Crippen LogP contribution is -2.48. The average Bonchev–Trinajstić information content (AvgIpc) is 3.23. The first-order chi connectivity index (χ1) is 16.5. The van der Waals surface area contributed by atoms with Gasteiger partial charge in [-0.3, -0.25) is 0 Å². The molecule has 1 N–H and O–H groups in total. The molecular formula is C24H28F2N8. The number of anilines is 4. The van der Waals surface area contributed by atoms with E-state index in [1.807, 2.05) is 22.7 Å². The highest BCUT2D eigenvalue weighted by Gasteiger charge is 2.43. The maximum atomic E-state index is 13.9. The van der Waals surface area contributed by atoms with Crippen molar-refractivity contribution in [1.29, 1.82) is 0 Å². The van der Waals surface area contributed by atoms with E-state index in [-0.39, 0.29) is 0 Å². The first kappa shape index (κ1) is 21.2. The second kappa shape index (κ2) is 8.48. The van der Waals surface area contributed by atoms with Crippen LogP contribution >= 0.6 is 0 Å². The Morgan fingerprint density at radius 3 is 2.53 bits per heavy atom. The molecule has 34 heavy (non-hydrogen) atoms. The fourth-order valence-corrected chi connectivity index (χ4v) is 5.72. The second-order valence-electron chi connectivity index (χ2n) is 9.64. The molecule has 0 radical (unpaired) electrons. The number of hydrogen-bond donors (Lipinski definition) is 1. The number of piperidine rings is 1. The normalized spacial score (nSPS) is 24.1. The van der Waals surface area contributed by atoms with E-state index in [0.717, 1.165) is 43.9 Å². The van der Waals surface area contributed by atoms with Crippen molar-refractivity contribution in [2.45, 2.75) is 45.2 Å². The van der Waals surface area contributed by atoms with Crippen molar-refractivity contribution in [1.82, 2.24) is 25.0 Å². The van der Waals surface area contributed by atoms with Crippen LogP contribution in [0.1, 0.15) is 31.4 Å². The number of fused-ring (bicyclic) bond motifs is 3. The minimum Gasteiger partial charge on any atom is -0.369 e. The van der Waals surface area contributed by atoms with E-state index < -0.39 is 11.6 Å². The molecule has 2 fully saturated rings. The van der Waals surface area contributed by atoms with Crippen LogP contribution in [0, 0.1) is 30.4 Å². The molecule has 3 atom stereocenters. The Morgan fingerprint density at radius 1 is 0.971 bits per heavy atom. The van der Waals surface area contributed by atoms with Crippen molar-refractivity contribution >= 4 is 23.3 Å². The largest absolute Gasteiger partial charge is 0.369 e. The van der Waals surface area contributed by atoms with Gasteiger partial charge in [0.2, 0.25) is 11.9 Å². The maximum absolute atomic E-state index is 13.9. The molecule has 178 valence electrons. The van der Waals surface area contributed by atoms with Crippen LogP contribution in [0.15, 0.2) is 30.5 Å². The smallest absolute Gasteiger partial charge is 0.244 e. The summed E-state index contributed by atoms with van der Waals surface area (Å²) >= 11 is 0. The number of halogens is 2. The summed E-state index contributed by atoms with van der Waals surface area (Å²) in [5, 5.41) is 16.6. The van der Waals surface area contributed by atoms with Crippen molar-refractivity contribution in [3.63, 3.8) is 0 Å². The van der Waals surface area contributed by atoms with Gasteiger partial charge in [-0.25, -0.2) is 13.5 Å². The monoisotopic (exact) mass is 466 g/mol. The van der Waals surface area contributed by atoms with Crippen molar-refractivity contribution in [3.8, 4) is 0 Å². The fourth-order valence-electron chi connectivity index (χ4n) is 5.72. The first-order valence-electron chi connectivity index (χ1n) is 12.0. The van der Waals surface area contributed by atoms with Gasteiger partial charge >= 0.3 is 0 Å². The third-order valence-corrected chi connectivity index (χ3v) is 7.37. The van der Waals surface area contributed by atoms with Gasteiger partial charge in [-0.05, 0) is 62.6 Å². The highest BCUT2D eigenvalue weighted by atomic mass is 19.2. The summed E-state index contributed by atoms with van der Waals surface area (Å²) in [6, 6.07) is 6.41. The van der Waals surface area contributed by atoms with E-state index in [0.29, 0.717) is 42.0 Å². The van der Waals surface area contributed by atoms with Gasteiger partial charge in [0.15, 0.2) is 11.6 Å². The highest BCUT2D eigenvalue weighted by molar-refractivity contribution is 5.59. The molecule has 10 heteroatoms. The Hall–Kier alpha value is -3.30. The molecule has 3 aliphatic rings. The van der Waals surface area contributed by atoms with Gasteiger partial charge < -0.3 is 15.1 Å². The number of benzene rings is 1. The molecular weight excluding hydrogens is 438 g/mol. The lowest BCUT2D eigenvalue weighted by Gasteiger charge is -2.39. The fraction of sp³-hybridized carbons (Fsp3) is 0.500. The Morgan fingerprint density at radius 2 is 1.76 bits per heavy atom. The number of nitrogens with one attached hydrogen (secondary N) is 1. The summed E-state index contributed by atoms with van der Waals surface area (Å²) in [5.74, 6) is 0.585. The van der Waals surface area contributed by atoms with Crippen molar-refractivity contribution < 1.29 is 8.78 Å². The van der Waals surface area contributed by atoms with E-state index in [1.165, 1.54) is 25.0 Å². The van der Waals surface area contributed by atoms with E-state index in [9.17, 15) is 8.78 Å². The van der Waals surface area contributed by atoms with Crippen molar-refractivity contribution in [2.75, 3.05) is 34.8 Å². The number of aryl methyl sites for hydroxylation is 2. The highest BCUT2D eigenvalue weighted by Crippen LogP contribution is 2.40. The molecule has 2 bridgehead atoms. The van der Waals surface area contributed by atoms with Crippen LogP contribution in [-0.2, 0) is 6.54 Å². The van der Waals surface area contributed by atoms with Gasteiger partial charge in [-0.1, -0.05) is 0 Å². The minimum absolute atomic E-state index is 0.315. The maximum Gasteiger partial charge on any atom is 0.244 e. The van der Waals surface area contributed by atoms with Crippen molar-refractivity contribution in [2.24, 2.45) is 11.8 Å². The lowest BCUT2D eigenvalue weighted by atomic mass is 9.92.